The van der Waals surface area contributed by atoms with Crippen LogP contribution in [0.4, 0.5) is 0 Å². The number of carbonyl (C=O) groups excluding carboxylic acids is 1. The summed E-state index contributed by atoms with van der Waals surface area (Å²) in [5.41, 5.74) is 10.0. The topological polar surface area (TPSA) is 35.5 Å². The molecule has 3 nitrogen and oxygen atoms in total. The zero-order chi connectivity index (χ0) is 34.9. The molecule has 264 valence electrons. The van der Waals surface area contributed by atoms with Crippen LogP contribution in [0.2, 0.25) is 0 Å². The van der Waals surface area contributed by atoms with Crippen molar-refractivity contribution in [1.82, 2.24) is 0 Å². The summed E-state index contributed by atoms with van der Waals surface area (Å²) in [6.45, 7) is 14.9. The Morgan fingerprint density at radius 2 is 1.22 bits per heavy atom. The van der Waals surface area contributed by atoms with Crippen LogP contribution < -0.4 is 4.74 Å². The van der Waals surface area contributed by atoms with Gasteiger partial charge >= 0.3 is 5.97 Å². The van der Waals surface area contributed by atoms with Gasteiger partial charge in [-0.1, -0.05) is 152 Å². The highest BCUT2D eigenvalue weighted by Crippen LogP contribution is 2.55. The van der Waals surface area contributed by atoms with Gasteiger partial charge in [0, 0.05) is 11.8 Å². The van der Waals surface area contributed by atoms with E-state index in [4.69, 9.17) is 9.47 Å². The van der Waals surface area contributed by atoms with E-state index in [1.807, 2.05) is 0 Å². The Labute approximate surface area is 298 Å². The van der Waals surface area contributed by atoms with Gasteiger partial charge < -0.3 is 9.47 Å². The molecule has 0 saturated heterocycles. The minimum absolute atomic E-state index is 0.108. The van der Waals surface area contributed by atoms with Crippen molar-refractivity contribution >= 4 is 5.97 Å². The Bertz CT molecular complexity index is 1450. The van der Waals surface area contributed by atoms with E-state index in [-0.39, 0.29) is 17.5 Å². The van der Waals surface area contributed by atoms with Gasteiger partial charge in [0.2, 0.25) is 0 Å². The molecule has 3 aromatic rings. The third-order valence-electron chi connectivity index (χ3n) is 10.4. The van der Waals surface area contributed by atoms with Gasteiger partial charge in [-0.05, 0) is 96.3 Å². The standard InChI is InChI=1S/C46H62O3/c1-6-10-19-31-46(32-20-11-7-2)43-34-36(5)23-29-41(43)42-30-26-38(35-44(42)46)37-24-27-40(28-25-37)48-33-21-17-15-13-12-14-16-18-22-45(47)49-39(8-3)9-4/h8-9,23-30,34-35,39H,3-4,6-7,10-22,31-33H2,1-2,5H3. The number of aryl methyl sites for hydroxylation is 1. The van der Waals surface area contributed by atoms with Crippen LogP contribution >= 0.6 is 0 Å². The average Bonchev–Trinajstić information content (AvgIpc) is 3.37. The molecule has 0 spiro atoms. The summed E-state index contributed by atoms with van der Waals surface area (Å²) in [5.74, 6) is 0.786. The lowest BCUT2D eigenvalue weighted by Gasteiger charge is -2.33. The molecule has 0 heterocycles. The number of benzene rings is 3. The van der Waals surface area contributed by atoms with E-state index in [1.54, 1.807) is 23.3 Å². The van der Waals surface area contributed by atoms with E-state index >= 15 is 0 Å². The fourth-order valence-corrected chi connectivity index (χ4v) is 7.57. The SMILES string of the molecule is C=CC(C=C)OC(=O)CCCCCCCCCCOc1ccc(-c2ccc3c(c2)C(CCCCC)(CCCCC)c2cc(C)ccc2-3)cc1. The summed E-state index contributed by atoms with van der Waals surface area (Å²) >= 11 is 0. The number of ether oxygens (including phenoxy) is 2. The van der Waals surface area contributed by atoms with Crippen LogP contribution in [0, 0.1) is 6.92 Å². The molecule has 3 aromatic carbocycles. The second-order valence-corrected chi connectivity index (χ2v) is 14.2. The van der Waals surface area contributed by atoms with Gasteiger partial charge in [-0.2, -0.15) is 0 Å². The fraction of sp³-hybridized carbons (Fsp3) is 0.500. The van der Waals surface area contributed by atoms with Crippen molar-refractivity contribution in [2.75, 3.05) is 6.61 Å². The van der Waals surface area contributed by atoms with Gasteiger partial charge in [0.15, 0.2) is 0 Å². The maximum absolute atomic E-state index is 11.8. The van der Waals surface area contributed by atoms with Crippen molar-refractivity contribution in [2.24, 2.45) is 0 Å². The number of esters is 1. The molecule has 0 bridgehead atoms. The molecule has 49 heavy (non-hydrogen) atoms. The number of rotatable bonds is 24. The van der Waals surface area contributed by atoms with Crippen LogP contribution in [-0.2, 0) is 14.9 Å². The molecule has 0 fully saturated rings. The van der Waals surface area contributed by atoms with Gasteiger partial charge in [0.25, 0.3) is 0 Å². The molecule has 1 aliphatic rings. The molecule has 0 unspecified atom stereocenters. The van der Waals surface area contributed by atoms with E-state index in [1.165, 1.54) is 105 Å². The quantitative estimate of drug-likeness (QED) is 0.0544. The monoisotopic (exact) mass is 662 g/mol. The first-order valence-corrected chi connectivity index (χ1v) is 19.4. The largest absolute Gasteiger partial charge is 0.494 e. The van der Waals surface area contributed by atoms with Crippen molar-refractivity contribution in [2.45, 2.75) is 141 Å². The Morgan fingerprint density at radius 1 is 0.673 bits per heavy atom. The van der Waals surface area contributed by atoms with Crippen molar-refractivity contribution in [3.63, 3.8) is 0 Å². The van der Waals surface area contributed by atoms with E-state index in [0.29, 0.717) is 6.42 Å². The van der Waals surface area contributed by atoms with Crippen molar-refractivity contribution in [3.8, 4) is 28.0 Å². The molecule has 0 saturated carbocycles. The van der Waals surface area contributed by atoms with Crippen LogP contribution in [0.3, 0.4) is 0 Å². The van der Waals surface area contributed by atoms with Gasteiger partial charge in [-0.25, -0.2) is 0 Å². The highest BCUT2D eigenvalue weighted by atomic mass is 16.5. The number of carbonyl (C=O) groups is 1. The van der Waals surface area contributed by atoms with Gasteiger partial charge in [0.05, 0.1) is 6.61 Å². The van der Waals surface area contributed by atoms with Crippen molar-refractivity contribution in [3.05, 3.63) is 103 Å². The summed E-state index contributed by atoms with van der Waals surface area (Å²) < 4.78 is 11.4. The molecule has 0 radical (unpaired) electrons. The number of hydrogen-bond donors (Lipinski definition) is 0. The third-order valence-corrected chi connectivity index (χ3v) is 10.4. The summed E-state index contributed by atoms with van der Waals surface area (Å²) in [7, 11) is 0. The van der Waals surface area contributed by atoms with Gasteiger partial charge in [0.1, 0.15) is 11.9 Å². The van der Waals surface area contributed by atoms with Gasteiger partial charge in [-0.15, -0.1) is 0 Å². The molecule has 3 heteroatoms. The first kappa shape index (κ1) is 38.2. The summed E-state index contributed by atoms with van der Waals surface area (Å²) in [6.07, 6.45) is 22.4. The molecular formula is C46H62O3. The number of fused-ring (bicyclic) bond motifs is 3. The predicted octanol–water partition coefficient (Wildman–Crippen LogP) is 13.3. The van der Waals surface area contributed by atoms with E-state index < -0.39 is 0 Å². The fourth-order valence-electron chi connectivity index (χ4n) is 7.57. The van der Waals surface area contributed by atoms with Crippen LogP contribution in [0.1, 0.15) is 140 Å². The Hall–Kier alpha value is -3.59. The zero-order valence-corrected chi connectivity index (χ0v) is 30.9. The lowest BCUT2D eigenvalue weighted by atomic mass is 9.70. The molecule has 4 rings (SSSR count). The average molecular weight is 663 g/mol. The summed E-state index contributed by atoms with van der Waals surface area (Å²) in [6, 6.07) is 23.1. The predicted molar refractivity (Wildman–Crippen MR) is 208 cm³/mol. The Morgan fingerprint density at radius 3 is 1.84 bits per heavy atom. The zero-order valence-electron chi connectivity index (χ0n) is 30.9. The number of unbranched alkanes of at least 4 members (excludes halogenated alkanes) is 11. The molecule has 0 amide bonds. The first-order chi connectivity index (χ1) is 23.9. The molecule has 0 aliphatic heterocycles. The molecule has 0 N–H and O–H groups in total. The van der Waals surface area contributed by atoms with Crippen molar-refractivity contribution in [1.29, 1.82) is 0 Å². The minimum atomic E-state index is -0.379. The van der Waals surface area contributed by atoms with E-state index in [2.05, 4.69) is 94.6 Å². The van der Waals surface area contributed by atoms with Crippen LogP contribution in [0.25, 0.3) is 22.3 Å². The summed E-state index contributed by atoms with van der Waals surface area (Å²) in [5, 5.41) is 0. The Kier molecular flexibility index (Phi) is 15.7. The molecule has 0 atom stereocenters. The highest BCUT2D eigenvalue weighted by molar-refractivity contribution is 5.84. The van der Waals surface area contributed by atoms with E-state index in [0.717, 1.165) is 38.0 Å². The normalized spacial score (nSPS) is 12.8. The Balaban J connectivity index is 1.26. The van der Waals surface area contributed by atoms with Crippen molar-refractivity contribution < 1.29 is 14.3 Å². The first-order valence-electron chi connectivity index (χ1n) is 19.4. The lowest BCUT2D eigenvalue weighted by Crippen LogP contribution is -2.25. The second kappa shape index (κ2) is 20.2. The highest BCUT2D eigenvalue weighted by Gasteiger charge is 2.42. The molecule has 0 aromatic heterocycles. The third kappa shape index (κ3) is 10.7. The maximum Gasteiger partial charge on any atom is 0.306 e. The maximum atomic E-state index is 11.8. The van der Waals surface area contributed by atoms with E-state index in [9.17, 15) is 4.79 Å². The van der Waals surface area contributed by atoms with Crippen LogP contribution in [0.5, 0.6) is 5.75 Å². The second-order valence-electron chi connectivity index (χ2n) is 14.2. The minimum Gasteiger partial charge on any atom is -0.494 e. The lowest BCUT2D eigenvalue weighted by molar-refractivity contribution is -0.145. The summed E-state index contributed by atoms with van der Waals surface area (Å²) in [4.78, 5) is 11.8. The molecular weight excluding hydrogens is 601 g/mol. The van der Waals surface area contributed by atoms with Crippen LogP contribution in [0.15, 0.2) is 86.0 Å². The number of hydrogen-bond acceptors (Lipinski definition) is 3. The molecule has 1 aliphatic carbocycles. The van der Waals surface area contributed by atoms with Gasteiger partial charge in [-0.3, -0.25) is 4.79 Å². The smallest absolute Gasteiger partial charge is 0.306 e. The van der Waals surface area contributed by atoms with Crippen LogP contribution in [-0.4, -0.2) is 18.7 Å².